The van der Waals surface area contributed by atoms with Gasteiger partial charge in [0.2, 0.25) is 0 Å². The van der Waals surface area contributed by atoms with Gasteiger partial charge in [0.25, 0.3) is 0 Å². The van der Waals surface area contributed by atoms with Crippen LogP contribution in [0.5, 0.6) is 0 Å². The Hall–Kier alpha value is -0.810. The van der Waals surface area contributed by atoms with Crippen molar-refractivity contribution in [3.8, 4) is 11.8 Å². The molecule has 0 radical (unpaired) electrons. The third kappa shape index (κ3) is 3.51. The fourth-order valence-corrected chi connectivity index (χ4v) is 1.92. The van der Waals surface area contributed by atoms with Gasteiger partial charge in [-0.3, -0.25) is 4.79 Å². The first-order chi connectivity index (χ1) is 6.74. The number of carbonyl (C=O) groups is 1. The third-order valence-electron chi connectivity index (χ3n) is 2.93. The lowest BCUT2D eigenvalue weighted by atomic mass is 9.93. The van der Waals surface area contributed by atoms with Gasteiger partial charge < -0.3 is 4.90 Å². The molecule has 0 saturated carbocycles. The van der Waals surface area contributed by atoms with Gasteiger partial charge in [-0.1, -0.05) is 5.92 Å². The first-order valence-corrected chi connectivity index (χ1v) is 5.40. The molecule has 0 bridgehead atoms. The number of hydrogen-bond acceptors (Lipinski definition) is 2. The summed E-state index contributed by atoms with van der Waals surface area (Å²) in [6.07, 6.45) is 4.03. The largest absolute Gasteiger partial charge is 0.301 e. The highest BCUT2D eigenvalue weighted by Gasteiger charge is 2.19. The van der Waals surface area contributed by atoms with E-state index in [1.807, 2.05) is 0 Å². The maximum absolute atomic E-state index is 10.0. The number of piperidine rings is 1. The van der Waals surface area contributed by atoms with Crippen LogP contribution in [-0.4, -0.2) is 30.3 Å². The van der Waals surface area contributed by atoms with Crippen LogP contribution in [0.25, 0.3) is 0 Å². The van der Waals surface area contributed by atoms with Crippen LogP contribution >= 0.6 is 0 Å². The number of aldehydes is 1. The highest BCUT2D eigenvalue weighted by Crippen LogP contribution is 2.20. The molecule has 0 aromatic rings. The maximum Gasteiger partial charge on any atom is 0.192 e. The fourth-order valence-electron chi connectivity index (χ4n) is 1.92. The molecule has 2 heteroatoms. The molecular weight excluding hydrogens is 174 g/mol. The van der Waals surface area contributed by atoms with Crippen LogP contribution in [0.1, 0.15) is 33.1 Å². The van der Waals surface area contributed by atoms with Crippen molar-refractivity contribution in [2.24, 2.45) is 5.92 Å². The summed E-state index contributed by atoms with van der Waals surface area (Å²) in [4.78, 5) is 12.5. The molecule has 1 aliphatic rings. The van der Waals surface area contributed by atoms with E-state index in [0.29, 0.717) is 18.2 Å². The molecule has 0 aromatic carbocycles. The van der Waals surface area contributed by atoms with Crippen LogP contribution in [0.15, 0.2) is 0 Å². The zero-order chi connectivity index (χ0) is 10.4. The average Bonchev–Trinajstić information content (AvgIpc) is 2.19. The zero-order valence-electron chi connectivity index (χ0n) is 9.12. The molecule has 1 rings (SSSR count). The summed E-state index contributed by atoms with van der Waals surface area (Å²) in [6.45, 7) is 6.86. The molecule has 2 nitrogen and oxygen atoms in total. The van der Waals surface area contributed by atoms with Crippen LogP contribution in [0, 0.1) is 17.8 Å². The first kappa shape index (κ1) is 11.3. The molecule has 0 aromatic heterocycles. The van der Waals surface area contributed by atoms with Gasteiger partial charge in [0, 0.05) is 12.5 Å². The average molecular weight is 193 g/mol. The summed E-state index contributed by atoms with van der Waals surface area (Å²) in [5, 5.41) is 0. The Labute approximate surface area is 86.7 Å². The molecule has 0 spiro atoms. The predicted octanol–water partition coefficient (Wildman–Crippen LogP) is 1.70. The predicted molar refractivity (Wildman–Crippen MR) is 57.9 cm³/mol. The van der Waals surface area contributed by atoms with E-state index in [9.17, 15) is 4.79 Å². The van der Waals surface area contributed by atoms with Gasteiger partial charge in [-0.2, -0.15) is 0 Å². The molecule has 1 heterocycles. The lowest BCUT2D eigenvalue weighted by molar-refractivity contribution is -0.103. The summed E-state index contributed by atoms with van der Waals surface area (Å²) in [5.41, 5.74) is 0. The third-order valence-corrected chi connectivity index (χ3v) is 2.93. The molecule has 0 aliphatic carbocycles. The highest BCUT2D eigenvalue weighted by atomic mass is 16.1. The molecule has 78 valence electrons. The standard InChI is InChI=1S/C12H19NO/c1-11(2)13-8-6-12(7-9-13)5-3-4-10-14/h10-12H,5-9H2,1-2H3. The minimum absolute atomic E-state index is 0.664. The van der Waals surface area contributed by atoms with Gasteiger partial charge in [0.1, 0.15) is 0 Å². The Morgan fingerprint density at radius 3 is 2.57 bits per heavy atom. The van der Waals surface area contributed by atoms with Crippen LogP contribution in [0.4, 0.5) is 0 Å². The summed E-state index contributed by atoms with van der Waals surface area (Å²) in [7, 11) is 0. The van der Waals surface area contributed by atoms with E-state index >= 15 is 0 Å². The van der Waals surface area contributed by atoms with Crippen LogP contribution in [-0.2, 0) is 4.79 Å². The van der Waals surface area contributed by atoms with E-state index in [2.05, 4.69) is 30.6 Å². The van der Waals surface area contributed by atoms with Crippen molar-refractivity contribution in [1.29, 1.82) is 0 Å². The minimum atomic E-state index is 0.664. The second-order valence-corrected chi connectivity index (χ2v) is 4.22. The summed E-state index contributed by atoms with van der Waals surface area (Å²) >= 11 is 0. The lowest BCUT2D eigenvalue weighted by Gasteiger charge is -2.33. The molecule has 1 fully saturated rings. The van der Waals surface area contributed by atoms with Crippen molar-refractivity contribution in [2.75, 3.05) is 13.1 Å². The van der Waals surface area contributed by atoms with Crippen molar-refractivity contribution in [2.45, 2.75) is 39.2 Å². The molecule has 0 amide bonds. The Balaban J connectivity index is 2.25. The van der Waals surface area contributed by atoms with Gasteiger partial charge in [0.05, 0.1) is 0 Å². The molecule has 1 saturated heterocycles. The first-order valence-electron chi connectivity index (χ1n) is 5.40. The van der Waals surface area contributed by atoms with Crippen LogP contribution < -0.4 is 0 Å². The van der Waals surface area contributed by atoms with E-state index in [1.165, 1.54) is 25.9 Å². The minimum Gasteiger partial charge on any atom is -0.301 e. The number of carbonyl (C=O) groups excluding carboxylic acids is 1. The SMILES string of the molecule is CC(C)N1CCC(CC#CC=O)CC1. The summed E-state index contributed by atoms with van der Waals surface area (Å²) in [5.74, 6) is 6.10. The van der Waals surface area contributed by atoms with E-state index < -0.39 is 0 Å². The number of rotatable bonds is 2. The fraction of sp³-hybridized carbons (Fsp3) is 0.750. The Kier molecular flexibility index (Phi) is 4.69. The Bertz CT molecular complexity index is 228. The van der Waals surface area contributed by atoms with Crippen molar-refractivity contribution in [1.82, 2.24) is 4.90 Å². The lowest BCUT2D eigenvalue weighted by Crippen LogP contribution is -2.38. The number of hydrogen-bond donors (Lipinski definition) is 0. The highest BCUT2D eigenvalue weighted by molar-refractivity contribution is 5.72. The zero-order valence-corrected chi connectivity index (χ0v) is 9.12. The van der Waals surface area contributed by atoms with Gasteiger partial charge in [-0.15, -0.1) is 0 Å². The molecule has 0 atom stereocenters. The van der Waals surface area contributed by atoms with E-state index in [1.54, 1.807) is 0 Å². The molecular formula is C12H19NO. The molecule has 14 heavy (non-hydrogen) atoms. The van der Waals surface area contributed by atoms with Crippen LogP contribution in [0.3, 0.4) is 0 Å². The quantitative estimate of drug-likeness (QED) is 0.491. The van der Waals surface area contributed by atoms with Crippen molar-refractivity contribution in [3.63, 3.8) is 0 Å². The van der Waals surface area contributed by atoms with Gasteiger partial charge in [-0.05, 0) is 51.6 Å². The smallest absolute Gasteiger partial charge is 0.192 e. The maximum atomic E-state index is 10.0. The Morgan fingerprint density at radius 1 is 1.43 bits per heavy atom. The van der Waals surface area contributed by atoms with Crippen LogP contribution in [0.2, 0.25) is 0 Å². The summed E-state index contributed by atoms with van der Waals surface area (Å²) < 4.78 is 0. The van der Waals surface area contributed by atoms with Gasteiger partial charge in [-0.25, -0.2) is 0 Å². The topological polar surface area (TPSA) is 20.3 Å². The van der Waals surface area contributed by atoms with Crippen molar-refractivity contribution >= 4 is 6.29 Å². The second-order valence-electron chi connectivity index (χ2n) is 4.22. The van der Waals surface area contributed by atoms with Crippen molar-refractivity contribution < 1.29 is 4.79 Å². The Morgan fingerprint density at radius 2 is 2.07 bits per heavy atom. The normalized spacial score (nSPS) is 19.1. The second kappa shape index (κ2) is 5.82. The van der Waals surface area contributed by atoms with Gasteiger partial charge >= 0.3 is 0 Å². The number of likely N-dealkylation sites (tertiary alicyclic amines) is 1. The van der Waals surface area contributed by atoms with E-state index in [4.69, 9.17) is 0 Å². The van der Waals surface area contributed by atoms with E-state index in [0.717, 1.165) is 6.42 Å². The van der Waals surface area contributed by atoms with Gasteiger partial charge in [0.15, 0.2) is 6.29 Å². The molecule has 0 N–H and O–H groups in total. The monoisotopic (exact) mass is 193 g/mol. The molecule has 0 unspecified atom stereocenters. The number of nitrogens with zero attached hydrogens (tertiary/aromatic N) is 1. The van der Waals surface area contributed by atoms with E-state index in [-0.39, 0.29) is 0 Å². The molecule has 1 aliphatic heterocycles. The van der Waals surface area contributed by atoms with Crippen molar-refractivity contribution in [3.05, 3.63) is 0 Å². The summed E-state index contributed by atoms with van der Waals surface area (Å²) in [6, 6.07) is 0.664.